The van der Waals surface area contributed by atoms with Gasteiger partial charge in [0, 0.05) is 16.8 Å². The molecule has 0 atom stereocenters. The first-order valence-corrected chi connectivity index (χ1v) is 19.5. The first-order valence-electron chi connectivity index (χ1n) is 19.5. The van der Waals surface area contributed by atoms with Gasteiger partial charge in [0.05, 0.1) is 11.1 Å². The lowest BCUT2D eigenvalue weighted by Gasteiger charge is -2.33. The van der Waals surface area contributed by atoms with Crippen molar-refractivity contribution in [3.8, 4) is 33.4 Å². The first kappa shape index (κ1) is 31.2. The van der Waals surface area contributed by atoms with E-state index in [0.29, 0.717) is 0 Å². The highest BCUT2D eigenvalue weighted by molar-refractivity contribution is 6.24. The Morgan fingerprint density at radius 1 is 0.304 bits per heavy atom. The summed E-state index contributed by atoms with van der Waals surface area (Å²) >= 11 is 0. The zero-order valence-electron chi connectivity index (χ0n) is 30.7. The van der Waals surface area contributed by atoms with E-state index in [1.165, 1.54) is 93.6 Å². The van der Waals surface area contributed by atoms with Crippen LogP contribution in [0.4, 0.5) is 17.1 Å². The van der Waals surface area contributed by atoms with E-state index >= 15 is 0 Å². The Balaban J connectivity index is 1.28. The van der Waals surface area contributed by atoms with Gasteiger partial charge in [-0.3, -0.25) is 0 Å². The minimum absolute atomic E-state index is 0.547. The molecule has 1 nitrogen and oxygen atoms in total. The lowest BCUT2D eigenvalue weighted by molar-refractivity contribution is 0.802. The van der Waals surface area contributed by atoms with Crippen molar-refractivity contribution in [3.63, 3.8) is 0 Å². The number of benzene rings is 10. The quantitative estimate of drug-likeness (QED) is 0.164. The Morgan fingerprint density at radius 2 is 0.786 bits per heavy atom. The number of nitrogens with zero attached hydrogens (tertiary/aromatic N) is 1. The zero-order chi connectivity index (χ0) is 36.8. The monoisotopic (exact) mass is 709 g/mol. The lowest BCUT2D eigenvalue weighted by Crippen LogP contribution is -2.26. The summed E-state index contributed by atoms with van der Waals surface area (Å²) < 4.78 is 0. The maximum atomic E-state index is 2.56. The van der Waals surface area contributed by atoms with Crippen LogP contribution in [0.5, 0.6) is 0 Å². The molecule has 260 valence electrons. The average molecular weight is 710 g/mol. The Hall–Kier alpha value is -7.22. The molecule has 2 aliphatic carbocycles. The molecule has 0 aliphatic heterocycles. The molecule has 1 heteroatoms. The minimum atomic E-state index is -0.547. The van der Waals surface area contributed by atoms with Gasteiger partial charge < -0.3 is 4.90 Å². The minimum Gasteiger partial charge on any atom is -0.310 e. The van der Waals surface area contributed by atoms with Crippen LogP contribution in [0.3, 0.4) is 0 Å². The number of hydrogen-bond donors (Lipinski definition) is 0. The van der Waals surface area contributed by atoms with E-state index in [0.717, 1.165) is 11.4 Å². The molecule has 0 saturated carbocycles. The summed E-state index contributed by atoms with van der Waals surface area (Å²) in [7, 11) is 0. The third kappa shape index (κ3) is 4.15. The van der Waals surface area contributed by atoms with Gasteiger partial charge in [-0.1, -0.05) is 182 Å². The van der Waals surface area contributed by atoms with Crippen molar-refractivity contribution >= 4 is 49.4 Å². The summed E-state index contributed by atoms with van der Waals surface area (Å²) in [6, 6.07) is 78.8. The van der Waals surface area contributed by atoms with E-state index in [4.69, 9.17) is 0 Å². The molecule has 12 rings (SSSR count). The summed E-state index contributed by atoms with van der Waals surface area (Å²) in [5.41, 5.74) is 16.0. The van der Waals surface area contributed by atoms with Crippen LogP contribution in [0, 0.1) is 0 Å². The molecule has 1 spiro atoms. The second-order valence-electron chi connectivity index (χ2n) is 15.1. The molecule has 2 aliphatic rings. The van der Waals surface area contributed by atoms with Crippen molar-refractivity contribution in [1.82, 2.24) is 0 Å². The van der Waals surface area contributed by atoms with Crippen molar-refractivity contribution in [1.29, 1.82) is 0 Å². The van der Waals surface area contributed by atoms with Crippen LogP contribution in [-0.2, 0) is 5.41 Å². The predicted molar refractivity (Wildman–Crippen MR) is 235 cm³/mol. The van der Waals surface area contributed by atoms with E-state index in [9.17, 15) is 0 Å². The summed E-state index contributed by atoms with van der Waals surface area (Å²) in [6.07, 6.45) is 0. The molecule has 10 aromatic rings. The normalized spacial score (nSPS) is 13.1. The van der Waals surface area contributed by atoms with Crippen LogP contribution >= 0.6 is 0 Å². The molecule has 0 unspecified atom stereocenters. The summed E-state index contributed by atoms with van der Waals surface area (Å²) in [4.78, 5) is 2.48. The van der Waals surface area contributed by atoms with Gasteiger partial charge in [-0.25, -0.2) is 0 Å². The molecule has 0 bridgehead atoms. The van der Waals surface area contributed by atoms with Crippen LogP contribution in [0.15, 0.2) is 212 Å². The van der Waals surface area contributed by atoms with Crippen LogP contribution in [0.25, 0.3) is 65.7 Å². The SMILES string of the molecule is c1ccc(-c2cccc(N(c3ccccc3)c3cc4c(c5ccccc35)-c3c(c5ccccc5c5ccccc35)C43c4ccccc4-c4ccccc43)c2)cc1. The van der Waals surface area contributed by atoms with E-state index in [2.05, 4.69) is 217 Å². The largest absolute Gasteiger partial charge is 0.310 e. The van der Waals surface area contributed by atoms with Gasteiger partial charge >= 0.3 is 0 Å². The van der Waals surface area contributed by atoms with Crippen molar-refractivity contribution < 1.29 is 0 Å². The Bertz CT molecular complexity index is 3150. The third-order valence-corrected chi connectivity index (χ3v) is 12.4. The van der Waals surface area contributed by atoms with Crippen molar-refractivity contribution in [2.75, 3.05) is 4.90 Å². The fourth-order valence-electron chi connectivity index (χ4n) is 10.3. The number of anilines is 3. The van der Waals surface area contributed by atoms with Gasteiger partial charge in [-0.15, -0.1) is 0 Å². The van der Waals surface area contributed by atoms with Crippen molar-refractivity contribution in [2.45, 2.75) is 5.41 Å². The van der Waals surface area contributed by atoms with Crippen molar-refractivity contribution in [3.05, 3.63) is 235 Å². The Morgan fingerprint density at radius 3 is 1.46 bits per heavy atom. The van der Waals surface area contributed by atoms with Gasteiger partial charge in [-0.05, 0) is 113 Å². The van der Waals surface area contributed by atoms with Gasteiger partial charge in [0.25, 0.3) is 0 Å². The number of hydrogen-bond acceptors (Lipinski definition) is 1. The summed E-state index contributed by atoms with van der Waals surface area (Å²) in [6.45, 7) is 0. The Kier molecular flexibility index (Phi) is 6.62. The highest BCUT2D eigenvalue weighted by atomic mass is 15.1. The molecule has 10 aromatic carbocycles. The number of rotatable bonds is 4. The lowest BCUT2D eigenvalue weighted by atomic mass is 9.69. The molecule has 0 radical (unpaired) electrons. The van der Waals surface area contributed by atoms with Crippen LogP contribution in [0.1, 0.15) is 22.3 Å². The molecule has 0 fully saturated rings. The molecule has 0 amide bonds. The number of fused-ring (bicyclic) bond motifs is 17. The fraction of sp³-hybridized carbons (Fsp3) is 0.0182. The van der Waals surface area contributed by atoms with Crippen molar-refractivity contribution in [2.24, 2.45) is 0 Å². The second-order valence-corrected chi connectivity index (χ2v) is 15.1. The molecule has 0 aromatic heterocycles. The van der Waals surface area contributed by atoms with E-state index in [-0.39, 0.29) is 0 Å². The van der Waals surface area contributed by atoms with Crippen LogP contribution < -0.4 is 4.90 Å². The zero-order valence-corrected chi connectivity index (χ0v) is 30.7. The highest BCUT2D eigenvalue weighted by Gasteiger charge is 2.53. The smallest absolute Gasteiger partial charge is 0.0732 e. The first-order chi connectivity index (χ1) is 27.8. The Labute approximate surface area is 326 Å². The maximum Gasteiger partial charge on any atom is 0.0732 e. The van der Waals surface area contributed by atoms with Gasteiger partial charge in [0.15, 0.2) is 0 Å². The van der Waals surface area contributed by atoms with E-state index in [1.54, 1.807) is 0 Å². The predicted octanol–water partition coefficient (Wildman–Crippen LogP) is 14.6. The van der Waals surface area contributed by atoms with Crippen LogP contribution in [0.2, 0.25) is 0 Å². The topological polar surface area (TPSA) is 3.24 Å². The van der Waals surface area contributed by atoms with Gasteiger partial charge in [0.2, 0.25) is 0 Å². The fourth-order valence-corrected chi connectivity index (χ4v) is 10.3. The molecule has 0 heterocycles. The van der Waals surface area contributed by atoms with E-state index in [1.807, 2.05) is 0 Å². The second kappa shape index (κ2) is 11.9. The molecular formula is C55H35N. The average Bonchev–Trinajstić information content (AvgIpc) is 3.75. The summed E-state index contributed by atoms with van der Waals surface area (Å²) in [5, 5.41) is 7.69. The molecule has 0 N–H and O–H groups in total. The van der Waals surface area contributed by atoms with E-state index < -0.39 is 5.41 Å². The maximum absolute atomic E-state index is 2.56. The summed E-state index contributed by atoms with van der Waals surface area (Å²) in [5.74, 6) is 0. The molecule has 56 heavy (non-hydrogen) atoms. The molecular weight excluding hydrogens is 675 g/mol. The number of para-hydroxylation sites is 1. The van der Waals surface area contributed by atoms with Gasteiger partial charge in [0.1, 0.15) is 0 Å². The third-order valence-electron chi connectivity index (χ3n) is 12.4. The molecule has 0 saturated heterocycles. The highest BCUT2D eigenvalue weighted by Crippen LogP contribution is 2.67. The standard InChI is InChI=1S/C55H35N/c1-3-18-36(19-4-1)37-20-17-23-39(34-37)56(38-21-5-2-6-22-38)51-35-50-52(46-30-11-9-28-44(46)51)53-45-29-10-7-24-40(45)41-25-8-12-31-47(41)54(53)55(50)48-32-15-13-26-42(48)43-27-14-16-33-49(43)55/h1-35H. The van der Waals surface area contributed by atoms with Crippen LogP contribution in [-0.4, -0.2) is 0 Å². The van der Waals surface area contributed by atoms with Gasteiger partial charge in [-0.2, -0.15) is 0 Å².